The number of ether oxygens (including phenoxy) is 3. The molecule has 0 radical (unpaired) electrons. The molecule has 1 aliphatic heterocycles. The molecule has 0 aliphatic carbocycles. The molecule has 1 aliphatic rings. The Hall–Kier alpha value is -1.60. The maximum absolute atomic E-state index is 12.1. The zero-order chi connectivity index (χ0) is 17.1. The second kappa shape index (κ2) is 6.88. The van der Waals surface area contributed by atoms with Crippen LogP contribution in [0.4, 0.5) is 4.79 Å². The van der Waals surface area contributed by atoms with Gasteiger partial charge in [-0.25, -0.2) is 4.79 Å². The van der Waals surface area contributed by atoms with Crippen molar-refractivity contribution in [2.45, 2.75) is 58.5 Å². The lowest BCUT2D eigenvalue weighted by Crippen LogP contribution is -2.39. The molecule has 1 aromatic rings. The number of methoxy groups -OCH3 is 1. The van der Waals surface area contributed by atoms with Crippen LogP contribution in [0.25, 0.3) is 0 Å². The summed E-state index contributed by atoms with van der Waals surface area (Å²) in [4.78, 5) is 13.8. The number of likely N-dealkylation sites (tertiary alicyclic amines) is 1. The van der Waals surface area contributed by atoms with Gasteiger partial charge in [-0.15, -0.1) is 0 Å². The van der Waals surface area contributed by atoms with E-state index in [1.54, 1.807) is 12.0 Å². The first kappa shape index (κ1) is 17.7. The van der Waals surface area contributed by atoms with Crippen LogP contribution in [0.1, 0.15) is 45.6 Å². The van der Waals surface area contributed by atoms with Gasteiger partial charge in [0.05, 0.1) is 18.8 Å². The van der Waals surface area contributed by atoms with Crippen LogP contribution < -0.4 is 0 Å². The van der Waals surface area contributed by atoms with E-state index in [4.69, 9.17) is 18.7 Å². The van der Waals surface area contributed by atoms with Crippen molar-refractivity contribution in [3.63, 3.8) is 0 Å². The maximum Gasteiger partial charge on any atom is 0.410 e. The highest BCUT2D eigenvalue weighted by atomic mass is 16.6. The molecule has 1 saturated heterocycles. The minimum absolute atomic E-state index is 0.298. The summed E-state index contributed by atoms with van der Waals surface area (Å²) in [5, 5.41) is 3.94. The van der Waals surface area contributed by atoms with Gasteiger partial charge in [0, 0.05) is 19.7 Å². The summed E-state index contributed by atoms with van der Waals surface area (Å²) in [7, 11) is 1.60. The molecule has 0 aromatic carbocycles. The number of aromatic nitrogens is 1. The zero-order valence-electron chi connectivity index (χ0n) is 14.5. The molecule has 1 aromatic heterocycles. The third-order valence-corrected chi connectivity index (χ3v) is 3.55. The van der Waals surface area contributed by atoms with Gasteiger partial charge in [0.1, 0.15) is 17.9 Å². The largest absolute Gasteiger partial charge is 0.444 e. The molecule has 0 N–H and O–H groups in total. The summed E-state index contributed by atoms with van der Waals surface area (Å²) < 4.78 is 21.5. The van der Waals surface area contributed by atoms with Crippen molar-refractivity contribution in [2.75, 3.05) is 20.2 Å². The molecule has 0 spiro atoms. The Labute approximate surface area is 136 Å². The lowest BCUT2D eigenvalue weighted by Gasteiger charge is -2.27. The predicted molar refractivity (Wildman–Crippen MR) is 82.8 cm³/mol. The van der Waals surface area contributed by atoms with Crippen molar-refractivity contribution in [3.05, 3.63) is 17.5 Å². The van der Waals surface area contributed by atoms with Crippen LogP contribution in [0.2, 0.25) is 0 Å². The molecule has 2 rings (SSSR count). The fourth-order valence-electron chi connectivity index (χ4n) is 2.42. The summed E-state index contributed by atoms with van der Waals surface area (Å²) in [5.74, 6) is 0.665. The van der Waals surface area contributed by atoms with Crippen molar-refractivity contribution in [1.29, 1.82) is 0 Å². The van der Waals surface area contributed by atoms with Crippen molar-refractivity contribution in [2.24, 2.45) is 0 Å². The molecule has 1 unspecified atom stereocenters. The van der Waals surface area contributed by atoms with Crippen LogP contribution in [0.3, 0.4) is 0 Å². The van der Waals surface area contributed by atoms with Gasteiger partial charge in [0.25, 0.3) is 0 Å². The minimum atomic E-state index is -0.491. The molecule has 2 heterocycles. The highest BCUT2D eigenvalue weighted by molar-refractivity contribution is 5.68. The second-order valence-corrected chi connectivity index (χ2v) is 7.11. The molecule has 1 amide bonds. The summed E-state index contributed by atoms with van der Waals surface area (Å²) in [6.07, 6.45) is 0.461. The smallest absolute Gasteiger partial charge is 0.410 e. The number of carbonyl (C=O) groups is 1. The van der Waals surface area contributed by atoms with Gasteiger partial charge in [-0.05, 0) is 34.1 Å². The Morgan fingerprint density at radius 1 is 1.43 bits per heavy atom. The minimum Gasteiger partial charge on any atom is -0.444 e. The quantitative estimate of drug-likeness (QED) is 0.828. The van der Waals surface area contributed by atoms with E-state index < -0.39 is 11.2 Å². The second-order valence-electron chi connectivity index (χ2n) is 7.11. The monoisotopic (exact) mass is 326 g/mol. The molecule has 7 nitrogen and oxygen atoms in total. The topological polar surface area (TPSA) is 74.0 Å². The molecular formula is C16H26N2O5. The van der Waals surface area contributed by atoms with Crippen LogP contribution in [0, 0.1) is 0 Å². The molecule has 1 atom stereocenters. The first-order chi connectivity index (χ1) is 10.7. The summed E-state index contributed by atoms with van der Waals surface area (Å²) >= 11 is 0. The van der Waals surface area contributed by atoms with E-state index in [-0.39, 0.29) is 6.09 Å². The zero-order valence-corrected chi connectivity index (χ0v) is 14.5. The van der Waals surface area contributed by atoms with E-state index in [1.165, 1.54) is 0 Å². The van der Waals surface area contributed by atoms with Crippen molar-refractivity contribution in [1.82, 2.24) is 10.1 Å². The van der Waals surface area contributed by atoms with Gasteiger partial charge < -0.3 is 23.6 Å². The molecular weight excluding hydrogens is 300 g/mol. The van der Waals surface area contributed by atoms with Gasteiger partial charge in [0.15, 0.2) is 5.76 Å². The van der Waals surface area contributed by atoms with Crippen molar-refractivity contribution in [3.8, 4) is 0 Å². The van der Waals surface area contributed by atoms with Gasteiger partial charge in [-0.1, -0.05) is 5.16 Å². The van der Waals surface area contributed by atoms with Gasteiger partial charge in [0.2, 0.25) is 0 Å². The van der Waals surface area contributed by atoms with E-state index in [2.05, 4.69) is 5.16 Å². The number of amides is 1. The van der Waals surface area contributed by atoms with Crippen LogP contribution in [-0.4, -0.2) is 47.6 Å². The van der Waals surface area contributed by atoms with E-state index in [9.17, 15) is 4.79 Å². The first-order valence-electron chi connectivity index (χ1n) is 7.76. The predicted octanol–water partition coefficient (Wildman–Crippen LogP) is 2.74. The number of nitrogens with zero attached hydrogens (tertiary/aromatic N) is 2. The SMILES string of the molecule is COCc1cc(COC2(C)CCN(C(=O)OC(C)(C)C)C2)no1. The Kier molecular flexibility index (Phi) is 5.31. The molecule has 0 saturated carbocycles. The molecule has 7 heteroatoms. The van der Waals surface area contributed by atoms with Crippen molar-refractivity contribution < 1.29 is 23.5 Å². The number of carbonyl (C=O) groups excluding carboxylic acids is 1. The van der Waals surface area contributed by atoms with Gasteiger partial charge >= 0.3 is 6.09 Å². The maximum atomic E-state index is 12.1. The van der Waals surface area contributed by atoms with E-state index in [1.807, 2.05) is 33.8 Å². The summed E-state index contributed by atoms with van der Waals surface area (Å²) in [6.45, 7) is 9.43. The molecule has 130 valence electrons. The molecule has 1 fully saturated rings. The van der Waals surface area contributed by atoms with Crippen LogP contribution >= 0.6 is 0 Å². The Bertz CT molecular complexity index is 537. The third-order valence-electron chi connectivity index (χ3n) is 3.55. The van der Waals surface area contributed by atoms with E-state index in [0.717, 1.165) is 6.42 Å². The normalized spacial score (nSPS) is 21.7. The standard InChI is InChI=1S/C16H26N2O5/c1-15(2,3)22-14(19)18-7-6-16(4,11-18)21-9-12-8-13(10-20-5)23-17-12/h8H,6-7,9-11H2,1-5H3. The summed E-state index contributed by atoms with van der Waals surface area (Å²) in [6, 6.07) is 1.81. The van der Waals surface area contributed by atoms with Crippen molar-refractivity contribution >= 4 is 6.09 Å². The average molecular weight is 326 g/mol. The highest BCUT2D eigenvalue weighted by Gasteiger charge is 2.38. The van der Waals surface area contributed by atoms with Gasteiger partial charge in [-0.2, -0.15) is 0 Å². The van der Waals surface area contributed by atoms with Crippen LogP contribution in [0.5, 0.6) is 0 Å². The fourth-order valence-corrected chi connectivity index (χ4v) is 2.42. The third kappa shape index (κ3) is 5.21. The lowest BCUT2D eigenvalue weighted by molar-refractivity contribution is -0.0394. The fraction of sp³-hybridized carbons (Fsp3) is 0.750. The molecule has 23 heavy (non-hydrogen) atoms. The lowest BCUT2D eigenvalue weighted by atomic mass is 10.1. The summed E-state index contributed by atoms with van der Waals surface area (Å²) in [5.41, 5.74) is -0.180. The van der Waals surface area contributed by atoms with Gasteiger partial charge in [-0.3, -0.25) is 0 Å². The first-order valence-corrected chi connectivity index (χ1v) is 7.76. The highest BCUT2D eigenvalue weighted by Crippen LogP contribution is 2.27. The van der Waals surface area contributed by atoms with Crippen LogP contribution in [-0.2, 0) is 27.4 Å². The van der Waals surface area contributed by atoms with E-state index >= 15 is 0 Å². The number of rotatable bonds is 5. The Balaban J connectivity index is 1.84. The Morgan fingerprint density at radius 3 is 2.83 bits per heavy atom. The number of hydrogen-bond acceptors (Lipinski definition) is 6. The molecule has 0 bridgehead atoms. The van der Waals surface area contributed by atoms with E-state index in [0.29, 0.717) is 37.8 Å². The number of hydrogen-bond donors (Lipinski definition) is 0. The Morgan fingerprint density at radius 2 is 2.17 bits per heavy atom. The average Bonchev–Trinajstić information content (AvgIpc) is 3.03. The van der Waals surface area contributed by atoms with Crippen LogP contribution in [0.15, 0.2) is 10.6 Å².